The Bertz CT molecular complexity index is 439. The Labute approximate surface area is 87.5 Å². The number of rotatable bonds is 3. The highest BCUT2D eigenvalue weighted by Crippen LogP contribution is 2.13. The molecule has 1 aliphatic rings. The number of nitrogens with zero attached hydrogens (tertiary/aromatic N) is 1. The van der Waals surface area contributed by atoms with Gasteiger partial charge in [-0.15, -0.1) is 0 Å². The molecule has 15 heavy (non-hydrogen) atoms. The van der Waals surface area contributed by atoms with Crippen LogP contribution in [0, 0.1) is 0 Å². The summed E-state index contributed by atoms with van der Waals surface area (Å²) in [7, 11) is -3.67. The van der Waals surface area contributed by atoms with Crippen molar-refractivity contribution < 1.29 is 13.2 Å². The van der Waals surface area contributed by atoms with Crippen LogP contribution >= 0.6 is 0 Å². The van der Waals surface area contributed by atoms with Crippen LogP contribution in [0.5, 0.6) is 5.88 Å². The smallest absolute Gasteiger partial charge is 0.239 e. The van der Waals surface area contributed by atoms with Crippen molar-refractivity contribution in [1.82, 2.24) is 10.3 Å². The van der Waals surface area contributed by atoms with E-state index in [0.29, 0.717) is 5.88 Å². The van der Waals surface area contributed by atoms with Gasteiger partial charge >= 0.3 is 0 Å². The Hall–Kier alpha value is -1.18. The number of pyridine rings is 1. The zero-order valence-electron chi connectivity index (χ0n) is 7.88. The van der Waals surface area contributed by atoms with E-state index in [2.05, 4.69) is 10.3 Å². The maximum Gasteiger partial charge on any atom is 0.239 e. The molecular formula is C8H11N3O3S. The summed E-state index contributed by atoms with van der Waals surface area (Å²) in [5, 5.41) is 7.98. The fourth-order valence-corrected chi connectivity index (χ4v) is 1.58. The fraction of sp³-hybridized carbons (Fsp3) is 0.375. The van der Waals surface area contributed by atoms with E-state index in [9.17, 15) is 8.42 Å². The van der Waals surface area contributed by atoms with Gasteiger partial charge in [0.1, 0.15) is 11.0 Å². The largest absolute Gasteiger partial charge is 0.472 e. The molecule has 1 fully saturated rings. The maximum atomic E-state index is 10.9. The molecule has 1 aromatic rings. The lowest BCUT2D eigenvalue weighted by molar-refractivity contribution is 0.136. The molecule has 7 heteroatoms. The van der Waals surface area contributed by atoms with Crippen molar-refractivity contribution in [3.63, 3.8) is 0 Å². The standard InChI is InChI=1S/C8H11N3O3S/c9-15(12,13)7-1-2-8(11-5-7)14-6-3-10-4-6/h1-2,5-6,10H,3-4H2,(H2,9,12,13). The van der Waals surface area contributed by atoms with Crippen molar-refractivity contribution >= 4 is 10.0 Å². The molecule has 0 bridgehead atoms. The first-order valence-corrected chi connectivity index (χ1v) is 5.96. The van der Waals surface area contributed by atoms with Gasteiger partial charge in [-0.1, -0.05) is 0 Å². The van der Waals surface area contributed by atoms with Crippen LogP contribution in [0.3, 0.4) is 0 Å². The minimum atomic E-state index is -3.67. The lowest BCUT2D eigenvalue weighted by Crippen LogP contribution is -2.50. The summed E-state index contributed by atoms with van der Waals surface area (Å²) in [6, 6.07) is 2.88. The van der Waals surface area contributed by atoms with Crippen molar-refractivity contribution in [2.45, 2.75) is 11.0 Å². The number of sulfonamides is 1. The zero-order chi connectivity index (χ0) is 10.9. The van der Waals surface area contributed by atoms with Gasteiger partial charge in [0.2, 0.25) is 15.9 Å². The summed E-state index contributed by atoms with van der Waals surface area (Å²) in [6.45, 7) is 1.58. The van der Waals surface area contributed by atoms with E-state index in [-0.39, 0.29) is 11.0 Å². The number of ether oxygens (including phenoxy) is 1. The maximum absolute atomic E-state index is 10.9. The zero-order valence-corrected chi connectivity index (χ0v) is 8.70. The second kappa shape index (κ2) is 3.76. The normalized spacial score (nSPS) is 17.1. The van der Waals surface area contributed by atoms with E-state index in [1.807, 2.05) is 0 Å². The molecule has 2 rings (SSSR count). The summed E-state index contributed by atoms with van der Waals surface area (Å²) >= 11 is 0. The average Bonchev–Trinajstić information content (AvgIpc) is 2.11. The van der Waals surface area contributed by atoms with Crippen molar-refractivity contribution in [2.75, 3.05) is 13.1 Å². The van der Waals surface area contributed by atoms with Gasteiger partial charge in [-0.3, -0.25) is 0 Å². The Balaban J connectivity index is 2.09. The predicted octanol–water partition coefficient (Wildman–Crippen LogP) is -0.920. The molecule has 1 saturated heterocycles. The number of aromatic nitrogens is 1. The van der Waals surface area contributed by atoms with Crippen LogP contribution < -0.4 is 15.2 Å². The van der Waals surface area contributed by atoms with E-state index in [1.165, 1.54) is 18.3 Å². The summed E-state index contributed by atoms with van der Waals surface area (Å²) in [4.78, 5) is 3.85. The number of hydrogen-bond donors (Lipinski definition) is 2. The number of nitrogens with two attached hydrogens (primary N) is 1. The Morgan fingerprint density at radius 2 is 2.20 bits per heavy atom. The van der Waals surface area contributed by atoms with Gasteiger partial charge in [-0.25, -0.2) is 18.5 Å². The Morgan fingerprint density at radius 3 is 2.60 bits per heavy atom. The highest BCUT2D eigenvalue weighted by molar-refractivity contribution is 7.89. The molecule has 0 atom stereocenters. The third-order valence-corrected chi connectivity index (χ3v) is 2.97. The molecule has 2 heterocycles. The average molecular weight is 229 g/mol. The lowest BCUT2D eigenvalue weighted by atomic mass is 10.2. The predicted molar refractivity (Wildman–Crippen MR) is 52.9 cm³/mol. The molecule has 0 amide bonds. The lowest BCUT2D eigenvalue weighted by Gasteiger charge is -2.27. The molecule has 0 radical (unpaired) electrons. The molecule has 6 nitrogen and oxygen atoms in total. The number of nitrogens with one attached hydrogen (secondary N) is 1. The number of hydrogen-bond acceptors (Lipinski definition) is 5. The van der Waals surface area contributed by atoms with Crippen molar-refractivity contribution in [3.05, 3.63) is 18.3 Å². The summed E-state index contributed by atoms with van der Waals surface area (Å²) in [5.41, 5.74) is 0. The minimum Gasteiger partial charge on any atom is -0.472 e. The van der Waals surface area contributed by atoms with Gasteiger partial charge in [0.25, 0.3) is 0 Å². The summed E-state index contributed by atoms with van der Waals surface area (Å²) in [6.07, 6.45) is 1.31. The quantitative estimate of drug-likeness (QED) is 0.699. The van der Waals surface area contributed by atoms with Crippen LogP contribution in [-0.4, -0.2) is 32.6 Å². The monoisotopic (exact) mass is 229 g/mol. The van der Waals surface area contributed by atoms with E-state index in [0.717, 1.165) is 13.1 Å². The minimum absolute atomic E-state index is 0.0124. The van der Waals surface area contributed by atoms with Gasteiger partial charge in [0.15, 0.2) is 0 Å². The topological polar surface area (TPSA) is 94.3 Å². The first-order chi connectivity index (χ1) is 7.05. The highest BCUT2D eigenvalue weighted by Gasteiger charge is 2.19. The van der Waals surface area contributed by atoms with Gasteiger partial charge in [0, 0.05) is 19.2 Å². The third-order valence-electron chi connectivity index (χ3n) is 2.07. The van der Waals surface area contributed by atoms with Crippen LogP contribution in [0.2, 0.25) is 0 Å². The van der Waals surface area contributed by atoms with E-state index in [1.54, 1.807) is 0 Å². The molecule has 0 aliphatic carbocycles. The molecular weight excluding hydrogens is 218 g/mol. The molecule has 82 valence electrons. The van der Waals surface area contributed by atoms with Gasteiger partial charge in [-0.05, 0) is 6.07 Å². The second-order valence-electron chi connectivity index (χ2n) is 3.28. The Kier molecular flexibility index (Phi) is 2.59. The van der Waals surface area contributed by atoms with E-state index in [4.69, 9.17) is 9.88 Å². The molecule has 0 saturated carbocycles. The van der Waals surface area contributed by atoms with Gasteiger partial charge < -0.3 is 10.1 Å². The van der Waals surface area contributed by atoms with E-state index >= 15 is 0 Å². The molecule has 0 aromatic carbocycles. The van der Waals surface area contributed by atoms with E-state index < -0.39 is 10.0 Å². The summed E-state index contributed by atoms with van der Waals surface area (Å²) < 4.78 is 27.3. The summed E-state index contributed by atoms with van der Waals surface area (Å²) in [5.74, 6) is 0.411. The van der Waals surface area contributed by atoms with Crippen LogP contribution in [0.15, 0.2) is 23.2 Å². The fourth-order valence-electron chi connectivity index (χ4n) is 1.12. The number of primary sulfonamides is 1. The SMILES string of the molecule is NS(=O)(=O)c1ccc(OC2CNC2)nc1. The Morgan fingerprint density at radius 1 is 1.47 bits per heavy atom. The first-order valence-electron chi connectivity index (χ1n) is 4.42. The molecule has 1 aromatic heterocycles. The van der Waals surface area contributed by atoms with Crippen LogP contribution in [0.1, 0.15) is 0 Å². The molecule has 3 N–H and O–H groups in total. The highest BCUT2D eigenvalue weighted by atomic mass is 32.2. The van der Waals surface area contributed by atoms with Gasteiger partial charge in [-0.2, -0.15) is 0 Å². The van der Waals surface area contributed by atoms with Gasteiger partial charge in [0.05, 0.1) is 6.20 Å². The molecule has 1 aliphatic heterocycles. The van der Waals surface area contributed by atoms with Crippen LogP contribution in [0.25, 0.3) is 0 Å². The van der Waals surface area contributed by atoms with Crippen molar-refractivity contribution in [3.8, 4) is 5.88 Å². The van der Waals surface area contributed by atoms with Crippen LogP contribution in [0.4, 0.5) is 0 Å². The van der Waals surface area contributed by atoms with Crippen LogP contribution in [-0.2, 0) is 10.0 Å². The van der Waals surface area contributed by atoms with Crippen molar-refractivity contribution in [2.24, 2.45) is 5.14 Å². The third kappa shape index (κ3) is 2.44. The molecule has 0 unspecified atom stereocenters. The van der Waals surface area contributed by atoms with Crippen molar-refractivity contribution in [1.29, 1.82) is 0 Å². The molecule has 0 spiro atoms. The first kappa shape index (κ1) is 10.3. The second-order valence-corrected chi connectivity index (χ2v) is 4.84.